The number of hydrogen-bond donors (Lipinski definition) is 2. The van der Waals surface area contributed by atoms with E-state index in [9.17, 15) is 9.59 Å². The molecule has 15 heavy (non-hydrogen) atoms. The summed E-state index contributed by atoms with van der Waals surface area (Å²) in [5, 5.41) is 9.00. The molecule has 2 aliphatic rings. The number of carboxylic acids is 1. The Labute approximate surface area is 90.4 Å². The fraction of sp³-hybridized carbons (Fsp3) is 0.444. The van der Waals surface area contributed by atoms with Crippen molar-refractivity contribution in [2.45, 2.75) is 11.3 Å². The Morgan fingerprint density at radius 1 is 1.73 bits per heavy atom. The average Bonchev–Trinajstić information content (AvgIpc) is 2.18. The lowest BCUT2D eigenvalue weighted by atomic mass is 9.72. The van der Waals surface area contributed by atoms with Crippen molar-refractivity contribution in [3.8, 4) is 0 Å². The maximum absolute atomic E-state index is 11.4. The number of carbonyl (C=O) groups excluding carboxylic acids is 1. The number of aliphatic carboxylic acids is 1. The molecule has 0 radical (unpaired) electrons. The molecular formula is C9H10N2O3S. The minimum atomic E-state index is -1.13. The first-order valence-electron chi connectivity index (χ1n) is 4.38. The second-order valence-electron chi connectivity index (χ2n) is 3.61. The number of Topliss-reactive ketones (excluding diaryl/α,β-unsaturated/α-hetero) is 1. The van der Waals surface area contributed by atoms with Crippen molar-refractivity contribution in [1.29, 1.82) is 0 Å². The largest absolute Gasteiger partial charge is 0.478 e. The van der Waals surface area contributed by atoms with Crippen LogP contribution < -0.4 is 5.73 Å². The topological polar surface area (TPSA) is 92.8 Å². The highest BCUT2D eigenvalue weighted by molar-refractivity contribution is 8.01. The first kappa shape index (κ1) is 10.2. The number of aliphatic imine (C=N–C) groups is 1. The standard InChI is InChI=1S/C9H10N2O3S/c1-11-9-2-5(12)7(9)6(8(13)14)4(10)3-15-9/h7H,1-3,10H2,(H,13,14). The van der Waals surface area contributed by atoms with Gasteiger partial charge in [-0.05, 0) is 6.72 Å². The van der Waals surface area contributed by atoms with Crippen molar-refractivity contribution in [2.24, 2.45) is 16.6 Å². The van der Waals surface area contributed by atoms with Crippen LogP contribution in [-0.4, -0.2) is 34.2 Å². The summed E-state index contributed by atoms with van der Waals surface area (Å²) >= 11 is 1.40. The van der Waals surface area contributed by atoms with Gasteiger partial charge < -0.3 is 10.8 Å². The van der Waals surface area contributed by atoms with E-state index >= 15 is 0 Å². The zero-order chi connectivity index (χ0) is 11.2. The Kier molecular flexibility index (Phi) is 2.11. The van der Waals surface area contributed by atoms with Crippen molar-refractivity contribution < 1.29 is 14.7 Å². The maximum Gasteiger partial charge on any atom is 0.334 e. The van der Waals surface area contributed by atoms with E-state index < -0.39 is 16.8 Å². The number of thioether (sulfide) groups is 1. The van der Waals surface area contributed by atoms with E-state index in [1.54, 1.807) is 0 Å². The molecule has 1 aliphatic carbocycles. The zero-order valence-electron chi connectivity index (χ0n) is 7.90. The molecule has 2 rings (SSSR count). The van der Waals surface area contributed by atoms with Crippen LogP contribution in [-0.2, 0) is 9.59 Å². The molecule has 1 heterocycles. The molecule has 5 nitrogen and oxygen atoms in total. The Balaban J connectivity index is 2.48. The van der Waals surface area contributed by atoms with Gasteiger partial charge in [-0.2, -0.15) is 0 Å². The summed E-state index contributed by atoms with van der Waals surface area (Å²) in [6.45, 7) is 3.43. The van der Waals surface area contributed by atoms with Gasteiger partial charge in [0.2, 0.25) is 0 Å². The Morgan fingerprint density at radius 2 is 2.40 bits per heavy atom. The summed E-state index contributed by atoms with van der Waals surface area (Å²) < 4.78 is 0. The van der Waals surface area contributed by atoms with Gasteiger partial charge in [-0.1, -0.05) is 0 Å². The predicted octanol–water partition coefficient (Wildman–Crippen LogP) is 0.0165. The fourth-order valence-electron chi connectivity index (χ4n) is 2.01. The molecule has 6 heteroatoms. The molecule has 0 aromatic heterocycles. The number of fused-ring (bicyclic) bond motifs is 1. The van der Waals surface area contributed by atoms with Crippen LogP contribution in [0.25, 0.3) is 0 Å². The van der Waals surface area contributed by atoms with Crippen LogP contribution in [0, 0.1) is 5.92 Å². The molecule has 3 N–H and O–H groups in total. The van der Waals surface area contributed by atoms with Crippen LogP contribution in [0.4, 0.5) is 0 Å². The third kappa shape index (κ3) is 1.21. The van der Waals surface area contributed by atoms with Gasteiger partial charge in [-0.15, -0.1) is 11.8 Å². The molecule has 0 aromatic carbocycles. The number of carboxylic acid groups (broad SMARTS) is 1. The third-order valence-electron chi connectivity index (χ3n) is 2.81. The van der Waals surface area contributed by atoms with Gasteiger partial charge in [0, 0.05) is 17.9 Å². The van der Waals surface area contributed by atoms with E-state index in [1.165, 1.54) is 11.8 Å². The molecule has 1 saturated carbocycles. The molecular weight excluding hydrogens is 216 g/mol. The molecule has 2 unspecified atom stereocenters. The quantitative estimate of drug-likeness (QED) is 0.647. The van der Waals surface area contributed by atoms with E-state index in [-0.39, 0.29) is 23.5 Å². The van der Waals surface area contributed by atoms with Crippen LogP contribution in [0.1, 0.15) is 6.42 Å². The second-order valence-corrected chi connectivity index (χ2v) is 4.90. The van der Waals surface area contributed by atoms with Gasteiger partial charge in [0.25, 0.3) is 0 Å². The molecule has 80 valence electrons. The highest BCUT2D eigenvalue weighted by Gasteiger charge is 2.59. The van der Waals surface area contributed by atoms with Gasteiger partial charge in [-0.25, -0.2) is 4.79 Å². The van der Waals surface area contributed by atoms with Crippen LogP contribution >= 0.6 is 11.8 Å². The van der Waals surface area contributed by atoms with Crippen molar-refractivity contribution in [2.75, 3.05) is 5.75 Å². The number of nitrogens with two attached hydrogens (primary N) is 1. The Hall–Kier alpha value is -1.30. The summed E-state index contributed by atoms with van der Waals surface area (Å²) in [6, 6.07) is 0. The molecule has 0 spiro atoms. The minimum Gasteiger partial charge on any atom is -0.478 e. The molecule has 0 saturated heterocycles. The lowest BCUT2D eigenvalue weighted by Crippen LogP contribution is -2.55. The molecule has 0 amide bonds. The van der Waals surface area contributed by atoms with Gasteiger partial charge in [0.15, 0.2) is 0 Å². The van der Waals surface area contributed by atoms with Gasteiger partial charge in [0.05, 0.1) is 11.5 Å². The van der Waals surface area contributed by atoms with Crippen LogP contribution in [0.5, 0.6) is 0 Å². The fourth-order valence-corrected chi connectivity index (χ4v) is 3.33. The summed E-state index contributed by atoms with van der Waals surface area (Å²) in [5.41, 5.74) is 5.89. The monoisotopic (exact) mass is 226 g/mol. The normalized spacial score (nSPS) is 34.4. The first-order valence-corrected chi connectivity index (χ1v) is 5.37. The van der Waals surface area contributed by atoms with Crippen molar-refractivity contribution >= 4 is 30.2 Å². The number of carbonyl (C=O) groups is 2. The van der Waals surface area contributed by atoms with Crippen molar-refractivity contribution in [1.82, 2.24) is 0 Å². The lowest BCUT2D eigenvalue weighted by molar-refractivity contribution is -0.138. The average molecular weight is 226 g/mol. The summed E-state index contributed by atoms with van der Waals surface area (Å²) in [4.78, 5) is 25.7. The van der Waals surface area contributed by atoms with E-state index in [0.29, 0.717) is 5.75 Å². The minimum absolute atomic E-state index is 0.0115. The SMILES string of the molecule is C=NC12CC(=O)C1C(C(=O)O)=C(N)CS2. The molecule has 1 fully saturated rings. The van der Waals surface area contributed by atoms with Crippen molar-refractivity contribution in [3.63, 3.8) is 0 Å². The summed E-state index contributed by atoms with van der Waals surface area (Å²) in [7, 11) is 0. The van der Waals surface area contributed by atoms with Gasteiger partial charge in [0.1, 0.15) is 10.7 Å². The lowest BCUT2D eigenvalue weighted by Gasteiger charge is -2.47. The van der Waals surface area contributed by atoms with E-state index in [1.807, 2.05) is 0 Å². The van der Waals surface area contributed by atoms with Crippen LogP contribution in [0.2, 0.25) is 0 Å². The van der Waals surface area contributed by atoms with E-state index in [4.69, 9.17) is 10.8 Å². The van der Waals surface area contributed by atoms with Crippen molar-refractivity contribution in [3.05, 3.63) is 11.3 Å². The van der Waals surface area contributed by atoms with Crippen LogP contribution in [0.15, 0.2) is 16.3 Å². The third-order valence-corrected chi connectivity index (χ3v) is 4.28. The molecule has 2 atom stereocenters. The second kappa shape index (κ2) is 3.10. The smallest absolute Gasteiger partial charge is 0.334 e. The number of ketones is 1. The van der Waals surface area contributed by atoms with E-state index in [2.05, 4.69) is 11.7 Å². The van der Waals surface area contributed by atoms with E-state index in [0.717, 1.165) is 0 Å². The molecule has 0 bridgehead atoms. The predicted molar refractivity (Wildman–Crippen MR) is 56.7 cm³/mol. The highest BCUT2D eigenvalue weighted by Crippen LogP contribution is 2.54. The highest BCUT2D eigenvalue weighted by atomic mass is 32.2. The van der Waals surface area contributed by atoms with Gasteiger partial charge in [-0.3, -0.25) is 9.79 Å². The number of hydrogen-bond acceptors (Lipinski definition) is 5. The number of rotatable bonds is 2. The Morgan fingerprint density at radius 3 is 2.87 bits per heavy atom. The number of nitrogens with zero attached hydrogens (tertiary/aromatic N) is 1. The summed E-state index contributed by atoms with van der Waals surface area (Å²) in [6.07, 6.45) is 0.260. The zero-order valence-corrected chi connectivity index (χ0v) is 8.71. The maximum atomic E-state index is 11.4. The van der Waals surface area contributed by atoms with Crippen LogP contribution in [0.3, 0.4) is 0 Å². The summed E-state index contributed by atoms with van der Waals surface area (Å²) in [5.74, 6) is -1.55. The Bertz CT molecular complexity index is 404. The van der Waals surface area contributed by atoms with Gasteiger partial charge >= 0.3 is 5.97 Å². The first-order chi connectivity index (χ1) is 7.02. The molecule has 1 aliphatic heterocycles. The molecule has 0 aromatic rings.